The Morgan fingerprint density at radius 3 is 2.00 bits per heavy atom. The molecule has 0 N–H and O–H groups in total. The predicted molar refractivity (Wildman–Crippen MR) is 215 cm³/mol. The fraction of sp³-hybridized carbons (Fsp3) is 0. The van der Waals surface area contributed by atoms with E-state index in [0.717, 1.165) is 16.8 Å². The molecule has 9 aromatic rings. The van der Waals surface area contributed by atoms with E-state index in [1.54, 1.807) is 66.7 Å². The van der Waals surface area contributed by atoms with Crippen LogP contribution < -0.4 is 123 Å². The number of benzene rings is 7. The molecule has 0 spiro atoms. The number of nitrogens with zero attached hydrogens (tertiary/aromatic N) is 8. The van der Waals surface area contributed by atoms with Crippen molar-refractivity contribution in [3.05, 3.63) is 139 Å². The van der Waals surface area contributed by atoms with Crippen LogP contribution in [0.25, 0.3) is 67.1 Å². The summed E-state index contributed by atoms with van der Waals surface area (Å²) >= 11 is 0.617. The van der Waals surface area contributed by atoms with Crippen LogP contribution in [-0.4, -0.2) is 55.9 Å². The van der Waals surface area contributed by atoms with Crippen LogP contribution in [0.15, 0.2) is 146 Å². The number of azo groups is 1. The zero-order chi connectivity index (χ0) is 41.6. The minimum Gasteiger partial charge on any atom is -0.744 e. The molecule has 64 heavy (non-hydrogen) atoms. The van der Waals surface area contributed by atoms with E-state index in [-0.39, 0.29) is 134 Å². The third kappa shape index (κ3) is 11.3. The SMILES string of the molecule is O=S(=O)([O-])c1ccc2c(ccc3nn(-c4ccc(N=Nc5ccc(C=Cc6ccc(-n7nc8c[c-]c9ccccc9c8n7)cc6SOO[O-])c(S(=O)(=O)[O-])c5)cc4)nc32)c1.[Na+].[Na+].[Na+].[Na+]. The molecule has 0 aliphatic rings. The van der Waals surface area contributed by atoms with Gasteiger partial charge in [-0.1, -0.05) is 53.9 Å². The van der Waals surface area contributed by atoms with Gasteiger partial charge in [0.1, 0.15) is 31.3 Å². The van der Waals surface area contributed by atoms with Gasteiger partial charge in [-0.2, -0.15) is 34.4 Å². The predicted octanol–water partition coefficient (Wildman–Crippen LogP) is -5.10. The summed E-state index contributed by atoms with van der Waals surface area (Å²) in [5.74, 6) is 0. The van der Waals surface area contributed by atoms with Crippen LogP contribution in [0.3, 0.4) is 0 Å². The fourth-order valence-electron chi connectivity index (χ4n) is 6.43. The Hall–Kier alpha value is -2.75. The number of rotatable bonds is 11. The smallest absolute Gasteiger partial charge is 0.744 e. The molecule has 17 nitrogen and oxygen atoms in total. The van der Waals surface area contributed by atoms with E-state index >= 15 is 0 Å². The fourth-order valence-corrected chi connectivity index (χ4v) is 8.13. The summed E-state index contributed by atoms with van der Waals surface area (Å²) in [5.41, 5.74) is 4.46. The summed E-state index contributed by atoms with van der Waals surface area (Å²) < 4.78 is 76.3. The van der Waals surface area contributed by atoms with Gasteiger partial charge in [-0.3, -0.25) is 5.04 Å². The molecule has 0 amide bonds. The maximum atomic E-state index is 12.4. The molecule has 0 unspecified atom stereocenters. The Balaban J connectivity index is 0.00000193. The van der Waals surface area contributed by atoms with Crippen LogP contribution in [0, 0.1) is 6.07 Å². The van der Waals surface area contributed by atoms with Crippen molar-refractivity contribution < 1.29 is 159 Å². The molecule has 9 rings (SSSR count). The standard InChI is InChI=1S/C40H25N8O9S3.4Na/c49-56-57-58-37-23-31(48-44-35-19-9-24-3-1-2-4-33(24)39(35)46-48)14-8-25(37)5-6-26-7-11-29(22-38(26)60(53,54)55)42-41-28-12-15-30(16-13-28)47-43-36-20-10-27-21-32(59(50,51)52)17-18-34(27)40(36)45-47;;;;/h1-8,10-23,49H,(H,50,51,52)(H,53,54,55);;;;/q-1;4*+1/p-3. The van der Waals surface area contributed by atoms with Crippen LogP contribution in [0.1, 0.15) is 11.1 Å². The van der Waals surface area contributed by atoms with Crippen molar-refractivity contribution in [3.8, 4) is 11.4 Å². The minimum absolute atomic E-state index is 0. The van der Waals surface area contributed by atoms with Crippen molar-refractivity contribution in [2.75, 3.05) is 0 Å². The zero-order valence-corrected chi connectivity index (χ0v) is 44.6. The summed E-state index contributed by atoms with van der Waals surface area (Å²) in [6.45, 7) is 0. The second kappa shape index (κ2) is 21.9. The summed E-state index contributed by atoms with van der Waals surface area (Å²) in [7, 11) is -9.61. The van der Waals surface area contributed by atoms with E-state index in [1.807, 2.05) is 24.3 Å². The molecule has 0 saturated carbocycles. The molecule has 0 aliphatic carbocycles. The molecule has 2 aromatic heterocycles. The molecule has 0 bridgehead atoms. The van der Waals surface area contributed by atoms with Gasteiger partial charge in [-0.05, 0) is 83.2 Å². The first-order valence-electron chi connectivity index (χ1n) is 17.4. The molecular formula is C40H22N8Na4O9S3. The van der Waals surface area contributed by atoms with E-state index in [0.29, 0.717) is 72.4 Å². The molecular weight excluding hydrogens is 925 g/mol. The quantitative estimate of drug-likeness (QED) is 0.0172. The van der Waals surface area contributed by atoms with Crippen LogP contribution in [0.5, 0.6) is 0 Å². The van der Waals surface area contributed by atoms with E-state index < -0.39 is 25.1 Å². The summed E-state index contributed by atoms with van der Waals surface area (Å²) in [6.07, 6.45) is 2.97. The van der Waals surface area contributed by atoms with Crippen LogP contribution in [-0.2, 0) is 29.6 Å². The second-order valence-electron chi connectivity index (χ2n) is 13.0. The van der Waals surface area contributed by atoms with Gasteiger partial charge in [0.2, 0.25) is 0 Å². The second-order valence-corrected chi connectivity index (χ2v) is 16.5. The molecule has 298 valence electrons. The number of hydrogen-bond acceptors (Lipinski definition) is 16. The zero-order valence-electron chi connectivity index (χ0n) is 34.2. The Bertz CT molecular complexity index is 3470. The number of hydrogen-bond donors (Lipinski definition) is 0. The van der Waals surface area contributed by atoms with Crippen molar-refractivity contribution in [1.82, 2.24) is 30.0 Å². The van der Waals surface area contributed by atoms with Gasteiger partial charge in [0, 0.05) is 21.3 Å². The first-order valence-corrected chi connectivity index (χ1v) is 21.0. The van der Waals surface area contributed by atoms with Crippen LogP contribution in [0.2, 0.25) is 0 Å². The van der Waals surface area contributed by atoms with Crippen molar-refractivity contribution in [2.24, 2.45) is 10.2 Å². The third-order valence-electron chi connectivity index (χ3n) is 9.26. The van der Waals surface area contributed by atoms with Gasteiger partial charge in [-0.15, -0.1) is 39.8 Å². The molecule has 0 fully saturated rings. The normalized spacial score (nSPS) is 11.8. The third-order valence-corrected chi connectivity index (χ3v) is 11.6. The maximum absolute atomic E-state index is 12.4. The van der Waals surface area contributed by atoms with E-state index in [9.17, 15) is 31.2 Å². The van der Waals surface area contributed by atoms with Crippen LogP contribution >= 0.6 is 12.0 Å². The average molecular weight is 947 g/mol. The van der Waals surface area contributed by atoms with E-state index in [2.05, 4.69) is 46.1 Å². The Morgan fingerprint density at radius 1 is 0.625 bits per heavy atom. The van der Waals surface area contributed by atoms with Gasteiger partial charge in [-0.25, -0.2) is 16.8 Å². The van der Waals surface area contributed by atoms with Gasteiger partial charge in [0.15, 0.2) is 0 Å². The first-order chi connectivity index (χ1) is 28.9. The molecule has 0 radical (unpaired) electrons. The average Bonchev–Trinajstić information content (AvgIpc) is 3.90. The van der Waals surface area contributed by atoms with E-state index in [1.165, 1.54) is 46.0 Å². The van der Waals surface area contributed by atoms with Crippen molar-refractivity contribution in [3.63, 3.8) is 0 Å². The minimum atomic E-state index is -4.98. The van der Waals surface area contributed by atoms with Crippen LogP contribution in [0.4, 0.5) is 11.4 Å². The first kappa shape index (κ1) is 52.2. The monoisotopic (exact) mass is 946 g/mol. The summed E-state index contributed by atoms with van der Waals surface area (Å²) in [6, 6.07) is 35.6. The molecule has 7 aromatic carbocycles. The molecule has 24 heteroatoms. The van der Waals surface area contributed by atoms with E-state index in [4.69, 9.17) is 0 Å². The summed E-state index contributed by atoms with van der Waals surface area (Å²) in [4.78, 5) is 2.32. The molecule has 0 atom stereocenters. The van der Waals surface area contributed by atoms with Gasteiger partial charge < -0.3 is 14.4 Å². The summed E-state index contributed by atoms with van der Waals surface area (Å²) in [5, 5.41) is 43.8. The maximum Gasteiger partial charge on any atom is 1.00 e. The van der Waals surface area contributed by atoms with Crippen molar-refractivity contribution in [1.29, 1.82) is 0 Å². The van der Waals surface area contributed by atoms with Crippen molar-refractivity contribution in [2.45, 2.75) is 14.7 Å². The molecule has 0 saturated heterocycles. The van der Waals surface area contributed by atoms with Crippen molar-refractivity contribution >= 4 is 99.4 Å². The Kier molecular flexibility index (Phi) is 17.9. The number of fused-ring (bicyclic) bond motifs is 6. The number of aromatic nitrogens is 6. The van der Waals surface area contributed by atoms with Gasteiger partial charge in [0.05, 0.1) is 44.6 Å². The van der Waals surface area contributed by atoms with Gasteiger partial charge >= 0.3 is 118 Å². The molecule has 2 heterocycles. The Labute approximate surface area is 457 Å². The topological polar surface area (TPSA) is 242 Å². The van der Waals surface area contributed by atoms with Gasteiger partial charge in [0.25, 0.3) is 0 Å². The Morgan fingerprint density at radius 2 is 1.27 bits per heavy atom. The molecule has 0 aliphatic heterocycles. The largest absolute Gasteiger partial charge is 1.00 e.